The van der Waals surface area contributed by atoms with Crippen LogP contribution in [0.15, 0.2) is 59.5 Å². The van der Waals surface area contributed by atoms with Crippen LogP contribution in [0.3, 0.4) is 0 Å². The van der Waals surface area contributed by atoms with E-state index in [2.05, 4.69) is 41.7 Å². The predicted molar refractivity (Wildman–Crippen MR) is 142 cm³/mol. The van der Waals surface area contributed by atoms with Crippen molar-refractivity contribution in [3.63, 3.8) is 0 Å². The van der Waals surface area contributed by atoms with Gasteiger partial charge in [0.1, 0.15) is 4.90 Å². The van der Waals surface area contributed by atoms with E-state index in [1.165, 1.54) is 28.9 Å². The number of halogens is 1. The number of benzene rings is 3. The first-order valence-electron chi connectivity index (χ1n) is 11.6. The monoisotopic (exact) mass is 511 g/mol. The standard InChI is InChI=1S/C27H30ClN3O3S/c1-18-7-5-9-24(20(18)3)29-35(33,34)26-17-22(11-12-23(26)28)27(32)31-15-13-30(14-16-31)25-10-6-8-19(2)21(25)4/h5-12,17,29H,13-16H2,1-4H3. The van der Waals surface area contributed by atoms with Crippen LogP contribution in [0.25, 0.3) is 0 Å². The van der Waals surface area contributed by atoms with Crippen molar-refractivity contribution in [2.24, 2.45) is 0 Å². The summed E-state index contributed by atoms with van der Waals surface area (Å²) in [5, 5.41) is 0.0686. The van der Waals surface area contributed by atoms with E-state index >= 15 is 0 Å². The number of aryl methyl sites for hydroxylation is 2. The zero-order valence-corrected chi connectivity index (χ0v) is 22.0. The molecule has 0 aliphatic carbocycles. The number of piperazine rings is 1. The molecule has 1 heterocycles. The zero-order chi connectivity index (χ0) is 25.3. The van der Waals surface area contributed by atoms with Gasteiger partial charge in [-0.25, -0.2) is 8.42 Å². The quantitative estimate of drug-likeness (QED) is 0.502. The van der Waals surface area contributed by atoms with Crippen LogP contribution >= 0.6 is 11.6 Å². The molecule has 1 amide bonds. The molecule has 0 bridgehead atoms. The number of sulfonamides is 1. The fourth-order valence-corrected chi connectivity index (χ4v) is 5.96. The van der Waals surface area contributed by atoms with Gasteiger partial charge in [-0.1, -0.05) is 35.9 Å². The molecular formula is C27H30ClN3O3S. The fourth-order valence-electron chi connectivity index (χ4n) is 4.31. The second-order valence-corrected chi connectivity index (χ2v) is 11.1. The smallest absolute Gasteiger partial charge is 0.263 e. The minimum absolute atomic E-state index is 0.0686. The lowest BCUT2D eigenvalue weighted by molar-refractivity contribution is 0.0746. The van der Waals surface area contributed by atoms with Gasteiger partial charge in [-0.3, -0.25) is 9.52 Å². The lowest BCUT2D eigenvalue weighted by Crippen LogP contribution is -2.49. The molecule has 0 radical (unpaired) electrons. The predicted octanol–water partition coefficient (Wildman–Crippen LogP) is 5.34. The van der Waals surface area contributed by atoms with E-state index in [1.807, 2.05) is 19.9 Å². The highest BCUT2D eigenvalue weighted by atomic mass is 35.5. The number of nitrogens with one attached hydrogen (secondary N) is 1. The summed E-state index contributed by atoms with van der Waals surface area (Å²) in [6.07, 6.45) is 0. The SMILES string of the molecule is Cc1cccc(NS(=O)(=O)c2cc(C(=O)N3CCN(c4cccc(C)c4C)CC3)ccc2Cl)c1C. The average molecular weight is 512 g/mol. The Balaban J connectivity index is 1.52. The molecule has 6 nitrogen and oxygen atoms in total. The van der Waals surface area contributed by atoms with Gasteiger partial charge >= 0.3 is 0 Å². The van der Waals surface area contributed by atoms with E-state index in [0.29, 0.717) is 37.4 Å². The van der Waals surface area contributed by atoms with Gasteiger partial charge in [-0.05, 0) is 80.3 Å². The molecule has 3 aromatic carbocycles. The van der Waals surface area contributed by atoms with Gasteiger partial charge in [0.25, 0.3) is 15.9 Å². The molecule has 0 saturated carbocycles. The van der Waals surface area contributed by atoms with E-state index in [-0.39, 0.29) is 15.8 Å². The summed E-state index contributed by atoms with van der Waals surface area (Å²) in [7, 11) is -3.98. The summed E-state index contributed by atoms with van der Waals surface area (Å²) >= 11 is 6.27. The first-order valence-corrected chi connectivity index (χ1v) is 13.4. The third-order valence-electron chi connectivity index (χ3n) is 6.80. The van der Waals surface area contributed by atoms with Crippen LogP contribution in [0.1, 0.15) is 32.6 Å². The molecule has 1 aliphatic rings. The van der Waals surface area contributed by atoms with Crippen molar-refractivity contribution in [2.75, 3.05) is 35.8 Å². The van der Waals surface area contributed by atoms with Crippen molar-refractivity contribution in [1.82, 2.24) is 4.90 Å². The number of carbonyl (C=O) groups is 1. The van der Waals surface area contributed by atoms with Crippen LogP contribution in [0.4, 0.5) is 11.4 Å². The Morgan fingerprint density at radius 3 is 2.17 bits per heavy atom. The van der Waals surface area contributed by atoms with E-state index in [9.17, 15) is 13.2 Å². The van der Waals surface area contributed by atoms with Crippen molar-refractivity contribution >= 4 is 38.9 Å². The molecule has 1 N–H and O–H groups in total. The molecule has 1 saturated heterocycles. The van der Waals surface area contributed by atoms with Gasteiger partial charge < -0.3 is 9.80 Å². The third kappa shape index (κ3) is 5.16. The van der Waals surface area contributed by atoms with E-state index in [0.717, 1.165) is 11.1 Å². The van der Waals surface area contributed by atoms with Gasteiger partial charge in [-0.15, -0.1) is 0 Å². The zero-order valence-electron chi connectivity index (χ0n) is 20.4. The van der Waals surface area contributed by atoms with Gasteiger partial charge in [0.2, 0.25) is 0 Å². The molecule has 35 heavy (non-hydrogen) atoms. The van der Waals surface area contributed by atoms with Crippen molar-refractivity contribution in [2.45, 2.75) is 32.6 Å². The number of anilines is 2. The Kier molecular flexibility index (Phi) is 7.10. The molecule has 3 aromatic rings. The molecule has 0 aromatic heterocycles. The molecule has 0 spiro atoms. The summed E-state index contributed by atoms with van der Waals surface area (Å²) in [6, 6.07) is 16.1. The summed E-state index contributed by atoms with van der Waals surface area (Å²) < 4.78 is 29.0. The van der Waals surface area contributed by atoms with E-state index in [4.69, 9.17) is 11.6 Å². The van der Waals surface area contributed by atoms with E-state index in [1.54, 1.807) is 23.1 Å². The Labute approximate surface area is 212 Å². The van der Waals surface area contributed by atoms with Gasteiger partial charge in [0, 0.05) is 37.4 Å². The minimum atomic E-state index is -3.98. The van der Waals surface area contributed by atoms with Crippen LogP contribution in [-0.4, -0.2) is 45.4 Å². The van der Waals surface area contributed by atoms with Gasteiger partial charge in [0.05, 0.1) is 10.7 Å². The van der Waals surface area contributed by atoms with Crippen molar-refractivity contribution in [1.29, 1.82) is 0 Å². The average Bonchev–Trinajstić information content (AvgIpc) is 2.83. The second-order valence-electron chi connectivity index (χ2n) is 9.00. The van der Waals surface area contributed by atoms with E-state index < -0.39 is 10.0 Å². The third-order valence-corrected chi connectivity index (χ3v) is 8.65. The van der Waals surface area contributed by atoms with Crippen molar-refractivity contribution in [3.8, 4) is 0 Å². The van der Waals surface area contributed by atoms with Gasteiger partial charge in [0.15, 0.2) is 0 Å². The van der Waals surface area contributed by atoms with Crippen LogP contribution in [0, 0.1) is 27.7 Å². The molecular weight excluding hydrogens is 482 g/mol. The number of amides is 1. The molecule has 1 fully saturated rings. The maximum Gasteiger partial charge on any atom is 0.263 e. The van der Waals surface area contributed by atoms with Crippen molar-refractivity contribution in [3.05, 3.63) is 87.4 Å². The number of rotatable bonds is 5. The first-order chi connectivity index (χ1) is 16.6. The lowest BCUT2D eigenvalue weighted by atomic mass is 10.1. The van der Waals surface area contributed by atoms with Crippen LogP contribution in [0.2, 0.25) is 5.02 Å². The summed E-state index contributed by atoms with van der Waals surface area (Å²) in [6.45, 7) is 10.5. The Morgan fingerprint density at radius 2 is 1.49 bits per heavy atom. The minimum Gasteiger partial charge on any atom is -0.368 e. The maximum atomic E-state index is 13.3. The first kappa shape index (κ1) is 25.1. The molecule has 1 aliphatic heterocycles. The molecule has 8 heteroatoms. The summed E-state index contributed by atoms with van der Waals surface area (Å²) in [5.74, 6) is -0.203. The molecule has 4 rings (SSSR count). The number of hydrogen-bond acceptors (Lipinski definition) is 4. The molecule has 0 atom stereocenters. The normalized spacial score (nSPS) is 14.2. The van der Waals surface area contributed by atoms with Gasteiger partial charge in [-0.2, -0.15) is 0 Å². The topological polar surface area (TPSA) is 69.7 Å². The summed E-state index contributed by atoms with van der Waals surface area (Å²) in [5.41, 5.74) is 6.27. The second kappa shape index (κ2) is 9.91. The molecule has 0 unspecified atom stereocenters. The largest absolute Gasteiger partial charge is 0.368 e. The van der Waals surface area contributed by atoms with Crippen molar-refractivity contribution < 1.29 is 13.2 Å². The summed E-state index contributed by atoms with van der Waals surface area (Å²) in [4.78, 5) is 17.2. The van der Waals surface area contributed by atoms with Crippen LogP contribution in [-0.2, 0) is 10.0 Å². The van der Waals surface area contributed by atoms with Crippen LogP contribution < -0.4 is 9.62 Å². The number of carbonyl (C=O) groups excluding carboxylic acids is 1. The fraction of sp³-hybridized carbons (Fsp3) is 0.296. The Bertz CT molecular complexity index is 1380. The number of hydrogen-bond donors (Lipinski definition) is 1. The van der Waals surface area contributed by atoms with Crippen LogP contribution in [0.5, 0.6) is 0 Å². The Hall–Kier alpha value is -3.03. The number of nitrogens with zero attached hydrogens (tertiary/aromatic N) is 2. The highest BCUT2D eigenvalue weighted by molar-refractivity contribution is 7.92. The highest BCUT2D eigenvalue weighted by Crippen LogP contribution is 2.28. The Morgan fingerprint density at radius 1 is 0.857 bits per heavy atom. The lowest BCUT2D eigenvalue weighted by Gasteiger charge is -2.37. The highest BCUT2D eigenvalue weighted by Gasteiger charge is 2.26. The maximum absolute atomic E-state index is 13.3. The molecule has 184 valence electrons.